The summed E-state index contributed by atoms with van der Waals surface area (Å²) in [4.78, 5) is 21.8. The van der Waals surface area contributed by atoms with E-state index in [1.54, 1.807) is 7.11 Å². The van der Waals surface area contributed by atoms with Crippen molar-refractivity contribution in [3.05, 3.63) is 90.1 Å². The van der Waals surface area contributed by atoms with E-state index >= 15 is 0 Å². The number of anilines is 1. The van der Waals surface area contributed by atoms with Crippen molar-refractivity contribution in [2.24, 2.45) is 0 Å². The number of ether oxygens (including phenoxy) is 1. The van der Waals surface area contributed by atoms with Gasteiger partial charge in [-0.3, -0.25) is 9.69 Å². The standard InChI is InChI=1S/C25H28N4O2/c1-31-22-12-10-21(11-13-22)25(20-7-3-2-4-8-20)27-24(30)19-28-15-17-29(18-16-28)23-9-5-6-14-26-23/h2-14,25H,15-19H2,1H3,(H,27,30)/t25-/m0/s1. The Labute approximate surface area is 183 Å². The highest BCUT2D eigenvalue weighted by molar-refractivity contribution is 5.79. The molecular weight excluding hydrogens is 388 g/mol. The average Bonchev–Trinajstić information content (AvgIpc) is 2.84. The summed E-state index contributed by atoms with van der Waals surface area (Å²) in [6.07, 6.45) is 1.82. The number of pyridine rings is 1. The number of piperazine rings is 1. The maximum Gasteiger partial charge on any atom is 0.234 e. The Bertz CT molecular complexity index is 956. The van der Waals surface area contributed by atoms with Crippen LogP contribution in [0.1, 0.15) is 17.2 Å². The van der Waals surface area contributed by atoms with Crippen LogP contribution in [0.4, 0.5) is 5.82 Å². The molecule has 1 fully saturated rings. The van der Waals surface area contributed by atoms with Gasteiger partial charge in [-0.25, -0.2) is 4.98 Å². The van der Waals surface area contributed by atoms with E-state index < -0.39 is 0 Å². The monoisotopic (exact) mass is 416 g/mol. The van der Waals surface area contributed by atoms with Gasteiger partial charge in [0, 0.05) is 32.4 Å². The summed E-state index contributed by atoms with van der Waals surface area (Å²) in [5.41, 5.74) is 2.08. The Kier molecular flexibility index (Phi) is 6.79. The molecule has 1 N–H and O–H groups in total. The molecule has 6 nitrogen and oxygen atoms in total. The van der Waals surface area contributed by atoms with Gasteiger partial charge in [-0.1, -0.05) is 48.5 Å². The molecule has 4 rings (SSSR count). The molecule has 0 saturated carbocycles. The number of hydrogen-bond acceptors (Lipinski definition) is 5. The summed E-state index contributed by atoms with van der Waals surface area (Å²) in [5.74, 6) is 1.82. The number of benzene rings is 2. The summed E-state index contributed by atoms with van der Waals surface area (Å²) < 4.78 is 5.27. The number of rotatable bonds is 7. The lowest BCUT2D eigenvalue weighted by Crippen LogP contribution is -2.50. The first-order valence-electron chi connectivity index (χ1n) is 10.6. The molecule has 160 valence electrons. The van der Waals surface area contributed by atoms with E-state index in [0.717, 1.165) is 48.9 Å². The van der Waals surface area contributed by atoms with E-state index in [1.807, 2.05) is 79.0 Å². The number of nitrogens with one attached hydrogen (secondary N) is 1. The van der Waals surface area contributed by atoms with Crippen LogP contribution in [0.5, 0.6) is 5.75 Å². The molecule has 0 aliphatic carbocycles. The van der Waals surface area contributed by atoms with Gasteiger partial charge in [0.2, 0.25) is 5.91 Å². The molecule has 0 spiro atoms. The molecule has 3 aromatic rings. The van der Waals surface area contributed by atoms with Crippen molar-refractivity contribution in [3.63, 3.8) is 0 Å². The Morgan fingerprint density at radius 2 is 1.61 bits per heavy atom. The van der Waals surface area contributed by atoms with Crippen LogP contribution in [-0.2, 0) is 4.79 Å². The van der Waals surface area contributed by atoms with Gasteiger partial charge >= 0.3 is 0 Å². The maximum atomic E-state index is 12.9. The Hall–Kier alpha value is -3.38. The Morgan fingerprint density at radius 3 is 2.26 bits per heavy atom. The molecule has 1 amide bonds. The molecule has 1 aliphatic heterocycles. The van der Waals surface area contributed by atoms with Crippen LogP contribution in [-0.4, -0.2) is 55.6 Å². The molecule has 2 aromatic carbocycles. The highest BCUT2D eigenvalue weighted by Crippen LogP contribution is 2.24. The van der Waals surface area contributed by atoms with Gasteiger partial charge in [-0.2, -0.15) is 0 Å². The van der Waals surface area contributed by atoms with E-state index in [0.29, 0.717) is 6.54 Å². The zero-order chi connectivity index (χ0) is 21.5. The van der Waals surface area contributed by atoms with Crippen LogP contribution in [0.15, 0.2) is 79.0 Å². The van der Waals surface area contributed by atoms with E-state index in [9.17, 15) is 4.79 Å². The summed E-state index contributed by atoms with van der Waals surface area (Å²) >= 11 is 0. The van der Waals surface area contributed by atoms with Crippen LogP contribution >= 0.6 is 0 Å². The zero-order valence-electron chi connectivity index (χ0n) is 17.8. The zero-order valence-corrected chi connectivity index (χ0v) is 17.8. The third-order valence-electron chi connectivity index (χ3n) is 5.60. The first-order chi connectivity index (χ1) is 15.2. The fourth-order valence-corrected chi connectivity index (χ4v) is 3.89. The second-order valence-corrected chi connectivity index (χ2v) is 7.64. The minimum absolute atomic E-state index is 0.0240. The third-order valence-corrected chi connectivity index (χ3v) is 5.60. The number of carbonyl (C=O) groups is 1. The quantitative estimate of drug-likeness (QED) is 0.641. The Balaban J connectivity index is 1.39. The number of hydrogen-bond donors (Lipinski definition) is 1. The Morgan fingerprint density at radius 1 is 0.935 bits per heavy atom. The van der Waals surface area contributed by atoms with Gasteiger partial charge in [0.05, 0.1) is 19.7 Å². The highest BCUT2D eigenvalue weighted by atomic mass is 16.5. The predicted molar refractivity (Wildman–Crippen MR) is 122 cm³/mol. The van der Waals surface area contributed by atoms with E-state index in [4.69, 9.17) is 4.74 Å². The van der Waals surface area contributed by atoms with Gasteiger partial charge in [0.15, 0.2) is 0 Å². The molecule has 31 heavy (non-hydrogen) atoms. The van der Waals surface area contributed by atoms with Gasteiger partial charge < -0.3 is 15.0 Å². The van der Waals surface area contributed by atoms with Crippen LogP contribution < -0.4 is 15.0 Å². The van der Waals surface area contributed by atoms with Crippen molar-refractivity contribution in [1.82, 2.24) is 15.2 Å². The number of carbonyl (C=O) groups excluding carboxylic acids is 1. The first kappa shape index (κ1) is 20.9. The second kappa shape index (κ2) is 10.1. The number of aromatic nitrogens is 1. The van der Waals surface area contributed by atoms with Crippen molar-refractivity contribution in [3.8, 4) is 5.75 Å². The molecule has 1 aliphatic rings. The lowest BCUT2D eigenvalue weighted by molar-refractivity contribution is -0.122. The molecule has 1 aromatic heterocycles. The van der Waals surface area contributed by atoms with E-state index in [2.05, 4.69) is 20.1 Å². The van der Waals surface area contributed by atoms with Crippen molar-refractivity contribution in [2.45, 2.75) is 6.04 Å². The van der Waals surface area contributed by atoms with Crippen molar-refractivity contribution >= 4 is 11.7 Å². The van der Waals surface area contributed by atoms with Gasteiger partial charge in [0.25, 0.3) is 0 Å². The third kappa shape index (κ3) is 5.41. The second-order valence-electron chi connectivity index (χ2n) is 7.64. The number of amides is 1. The topological polar surface area (TPSA) is 57.7 Å². The van der Waals surface area contributed by atoms with Gasteiger partial charge in [0.1, 0.15) is 11.6 Å². The molecule has 0 unspecified atom stereocenters. The summed E-state index contributed by atoms with van der Waals surface area (Å²) in [5, 5.41) is 3.23. The van der Waals surface area contributed by atoms with Crippen LogP contribution in [0, 0.1) is 0 Å². The summed E-state index contributed by atoms with van der Waals surface area (Å²) in [6, 6.07) is 23.7. The van der Waals surface area contributed by atoms with Gasteiger partial charge in [-0.15, -0.1) is 0 Å². The molecule has 2 heterocycles. The summed E-state index contributed by atoms with van der Waals surface area (Å²) in [7, 11) is 1.65. The van der Waals surface area contributed by atoms with Crippen LogP contribution in [0.2, 0.25) is 0 Å². The largest absolute Gasteiger partial charge is 0.497 e. The van der Waals surface area contributed by atoms with E-state index in [1.165, 1.54) is 0 Å². The predicted octanol–water partition coefficient (Wildman–Crippen LogP) is 3.12. The minimum atomic E-state index is -0.200. The minimum Gasteiger partial charge on any atom is -0.497 e. The molecule has 0 radical (unpaired) electrons. The van der Waals surface area contributed by atoms with Crippen molar-refractivity contribution < 1.29 is 9.53 Å². The van der Waals surface area contributed by atoms with Crippen molar-refractivity contribution in [2.75, 3.05) is 44.7 Å². The van der Waals surface area contributed by atoms with Crippen LogP contribution in [0.25, 0.3) is 0 Å². The fourth-order valence-electron chi connectivity index (χ4n) is 3.89. The van der Waals surface area contributed by atoms with Crippen LogP contribution in [0.3, 0.4) is 0 Å². The molecule has 0 bridgehead atoms. The first-order valence-corrected chi connectivity index (χ1v) is 10.6. The number of nitrogens with zero attached hydrogens (tertiary/aromatic N) is 3. The number of methoxy groups -OCH3 is 1. The molecular formula is C25H28N4O2. The summed E-state index contributed by atoms with van der Waals surface area (Å²) in [6.45, 7) is 3.79. The molecule has 6 heteroatoms. The fraction of sp³-hybridized carbons (Fsp3) is 0.280. The smallest absolute Gasteiger partial charge is 0.234 e. The maximum absolute atomic E-state index is 12.9. The molecule has 1 saturated heterocycles. The highest BCUT2D eigenvalue weighted by Gasteiger charge is 2.22. The van der Waals surface area contributed by atoms with E-state index in [-0.39, 0.29) is 11.9 Å². The lowest BCUT2D eigenvalue weighted by Gasteiger charge is -2.35. The lowest BCUT2D eigenvalue weighted by atomic mass is 9.98. The van der Waals surface area contributed by atoms with Crippen molar-refractivity contribution in [1.29, 1.82) is 0 Å². The van der Waals surface area contributed by atoms with Gasteiger partial charge in [-0.05, 0) is 35.4 Å². The molecule has 1 atom stereocenters. The normalized spacial score (nSPS) is 15.3. The average molecular weight is 417 g/mol. The SMILES string of the molecule is COc1ccc([C@@H](NC(=O)CN2CCN(c3ccccn3)CC2)c2ccccc2)cc1.